The van der Waals surface area contributed by atoms with Crippen LogP contribution in [0.4, 0.5) is 5.95 Å². The first kappa shape index (κ1) is 13.1. The van der Waals surface area contributed by atoms with Crippen LogP contribution in [0, 0.1) is 5.92 Å². The average Bonchev–Trinajstić information content (AvgIpc) is 2.80. The Morgan fingerprint density at radius 2 is 2.39 bits per heavy atom. The molecule has 1 unspecified atom stereocenters. The van der Waals surface area contributed by atoms with E-state index in [-0.39, 0.29) is 12.4 Å². The zero-order chi connectivity index (χ0) is 11.5. The fourth-order valence-corrected chi connectivity index (χ4v) is 2.27. The number of pyridine rings is 1. The first-order chi connectivity index (χ1) is 8.42. The van der Waals surface area contributed by atoms with Crippen LogP contribution in [0.25, 0.3) is 11.2 Å². The number of fused-ring (bicyclic) bond motifs is 1. The summed E-state index contributed by atoms with van der Waals surface area (Å²) in [6.45, 7) is 3.23. The van der Waals surface area contributed by atoms with Crippen LogP contribution in [0.3, 0.4) is 0 Å². The van der Waals surface area contributed by atoms with Crippen LogP contribution >= 0.6 is 12.4 Å². The topological polar surface area (TPSA) is 65.6 Å². The number of anilines is 1. The van der Waals surface area contributed by atoms with Gasteiger partial charge in [-0.2, -0.15) is 4.98 Å². The first-order valence-corrected chi connectivity index (χ1v) is 6.17. The van der Waals surface area contributed by atoms with Crippen LogP contribution in [0.1, 0.15) is 12.8 Å². The molecule has 1 fully saturated rings. The molecule has 0 bridgehead atoms. The lowest BCUT2D eigenvalue weighted by Gasteiger charge is -2.22. The van der Waals surface area contributed by atoms with E-state index < -0.39 is 0 Å². The van der Waals surface area contributed by atoms with Gasteiger partial charge in [0.25, 0.3) is 0 Å². The highest BCUT2D eigenvalue weighted by Crippen LogP contribution is 2.13. The first-order valence-electron chi connectivity index (χ1n) is 6.17. The zero-order valence-corrected chi connectivity index (χ0v) is 11.0. The smallest absolute Gasteiger partial charge is 0.202 e. The monoisotopic (exact) mass is 267 g/mol. The average molecular weight is 268 g/mol. The van der Waals surface area contributed by atoms with E-state index >= 15 is 0 Å². The van der Waals surface area contributed by atoms with Crippen LogP contribution in [-0.2, 0) is 0 Å². The molecular weight excluding hydrogens is 250 g/mol. The summed E-state index contributed by atoms with van der Waals surface area (Å²) in [6.07, 6.45) is 4.32. The molecule has 2 aromatic rings. The molecule has 98 valence electrons. The fourth-order valence-electron chi connectivity index (χ4n) is 2.27. The quantitative estimate of drug-likeness (QED) is 0.793. The third-order valence-electron chi connectivity index (χ3n) is 3.21. The van der Waals surface area contributed by atoms with E-state index in [4.69, 9.17) is 0 Å². The summed E-state index contributed by atoms with van der Waals surface area (Å²) in [5, 5.41) is 6.77. The van der Waals surface area contributed by atoms with Gasteiger partial charge in [-0.05, 0) is 44.0 Å². The van der Waals surface area contributed by atoms with Crippen LogP contribution in [-0.4, -0.2) is 34.6 Å². The Labute approximate surface area is 112 Å². The van der Waals surface area contributed by atoms with Gasteiger partial charge in [-0.3, -0.25) is 0 Å². The fraction of sp³-hybridized carbons (Fsp3) is 0.500. The summed E-state index contributed by atoms with van der Waals surface area (Å²) in [5.41, 5.74) is 1.76. The lowest BCUT2D eigenvalue weighted by molar-refractivity contribution is 0.392. The Bertz CT molecular complexity index is 459. The molecule has 0 spiro atoms. The molecule has 1 aliphatic rings. The number of nitrogens with zero attached hydrogens (tertiary/aromatic N) is 2. The van der Waals surface area contributed by atoms with Crippen molar-refractivity contribution in [3.63, 3.8) is 0 Å². The third kappa shape index (κ3) is 2.91. The molecular formula is C12H18ClN5. The number of H-pyrrole nitrogens is 1. The van der Waals surface area contributed by atoms with E-state index in [1.165, 1.54) is 12.8 Å². The highest BCUT2D eigenvalue weighted by atomic mass is 35.5. The van der Waals surface area contributed by atoms with Crippen molar-refractivity contribution in [2.24, 2.45) is 5.92 Å². The zero-order valence-electron chi connectivity index (χ0n) is 10.1. The summed E-state index contributed by atoms with van der Waals surface area (Å²) < 4.78 is 0. The van der Waals surface area contributed by atoms with Gasteiger partial charge < -0.3 is 15.6 Å². The van der Waals surface area contributed by atoms with Gasteiger partial charge in [0, 0.05) is 12.7 Å². The number of hydrogen-bond donors (Lipinski definition) is 3. The molecule has 0 radical (unpaired) electrons. The van der Waals surface area contributed by atoms with Gasteiger partial charge >= 0.3 is 0 Å². The number of aromatic nitrogens is 3. The molecule has 0 aliphatic carbocycles. The Balaban J connectivity index is 0.00000120. The summed E-state index contributed by atoms with van der Waals surface area (Å²) in [4.78, 5) is 11.8. The minimum atomic E-state index is 0. The molecule has 1 aliphatic heterocycles. The number of imidazole rings is 1. The van der Waals surface area contributed by atoms with E-state index in [0.29, 0.717) is 5.92 Å². The Morgan fingerprint density at radius 3 is 3.17 bits per heavy atom. The van der Waals surface area contributed by atoms with Crippen LogP contribution in [0.15, 0.2) is 18.3 Å². The minimum Gasteiger partial charge on any atom is -0.355 e. The van der Waals surface area contributed by atoms with E-state index in [0.717, 1.165) is 36.7 Å². The third-order valence-corrected chi connectivity index (χ3v) is 3.21. The second-order valence-electron chi connectivity index (χ2n) is 4.55. The van der Waals surface area contributed by atoms with Gasteiger partial charge in [-0.15, -0.1) is 12.4 Å². The maximum absolute atomic E-state index is 4.40. The van der Waals surface area contributed by atoms with E-state index in [1.54, 1.807) is 6.20 Å². The summed E-state index contributed by atoms with van der Waals surface area (Å²) in [5.74, 6) is 1.52. The molecule has 0 amide bonds. The number of piperidine rings is 1. The van der Waals surface area contributed by atoms with Crippen molar-refractivity contribution in [1.82, 2.24) is 20.3 Å². The predicted molar refractivity (Wildman–Crippen MR) is 75.2 cm³/mol. The summed E-state index contributed by atoms with van der Waals surface area (Å²) in [6, 6.07) is 3.90. The van der Waals surface area contributed by atoms with E-state index in [2.05, 4.69) is 25.6 Å². The van der Waals surface area contributed by atoms with Crippen LogP contribution in [0.2, 0.25) is 0 Å². The predicted octanol–water partition coefficient (Wildman–Crippen LogP) is 1.79. The summed E-state index contributed by atoms with van der Waals surface area (Å²) >= 11 is 0. The maximum atomic E-state index is 4.40. The Hall–Kier alpha value is -1.33. The highest BCUT2D eigenvalue weighted by molar-refractivity contribution is 5.85. The van der Waals surface area contributed by atoms with Gasteiger partial charge in [0.15, 0.2) is 5.65 Å². The van der Waals surface area contributed by atoms with Gasteiger partial charge in [0.2, 0.25) is 5.95 Å². The van der Waals surface area contributed by atoms with Crippen LogP contribution < -0.4 is 10.6 Å². The molecule has 0 saturated carbocycles. The number of halogens is 1. The van der Waals surface area contributed by atoms with E-state index in [9.17, 15) is 0 Å². The van der Waals surface area contributed by atoms with Crippen molar-refractivity contribution in [3.8, 4) is 0 Å². The molecule has 6 heteroatoms. The van der Waals surface area contributed by atoms with Gasteiger partial charge in [0.1, 0.15) is 0 Å². The lowest BCUT2D eigenvalue weighted by atomic mass is 10.00. The van der Waals surface area contributed by atoms with Crippen molar-refractivity contribution >= 4 is 29.5 Å². The molecule has 3 N–H and O–H groups in total. The van der Waals surface area contributed by atoms with Crippen molar-refractivity contribution in [2.75, 3.05) is 25.0 Å². The molecule has 3 heterocycles. The number of rotatable bonds is 3. The van der Waals surface area contributed by atoms with Crippen molar-refractivity contribution < 1.29 is 0 Å². The maximum Gasteiger partial charge on any atom is 0.202 e. The van der Waals surface area contributed by atoms with Gasteiger partial charge in [0.05, 0.1) is 5.52 Å². The van der Waals surface area contributed by atoms with Gasteiger partial charge in [-0.25, -0.2) is 4.98 Å². The largest absolute Gasteiger partial charge is 0.355 e. The van der Waals surface area contributed by atoms with E-state index in [1.807, 2.05) is 12.1 Å². The standard InChI is InChI=1S/C12H17N5.ClH/c1-3-9(7-13-5-1)8-15-12-16-10-4-2-6-14-11(10)17-12;/h2,4,6,9,13H,1,3,5,7-8H2,(H2,14,15,16,17);1H. The molecule has 1 atom stereocenters. The molecule has 18 heavy (non-hydrogen) atoms. The van der Waals surface area contributed by atoms with Crippen molar-refractivity contribution in [3.05, 3.63) is 18.3 Å². The van der Waals surface area contributed by atoms with Crippen molar-refractivity contribution in [1.29, 1.82) is 0 Å². The number of nitrogens with one attached hydrogen (secondary N) is 3. The summed E-state index contributed by atoms with van der Waals surface area (Å²) in [7, 11) is 0. The molecule has 3 rings (SSSR count). The normalized spacial score (nSPS) is 19.4. The lowest BCUT2D eigenvalue weighted by Crippen LogP contribution is -2.33. The SMILES string of the molecule is Cl.c1cnc2nc(NCC3CCCNC3)[nH]c2c1. The van der Waals surface area contributed by atoms with Gasteiger partial charge in [-0.1, -0.05) is 0 Å². The molecule has 5 nitrogen and oxygen atoms in total. The second kappa shape index (κ2) is 6.02. The minimum absolute atomic E-state index is 0. The van der Waals surface area contributed by atoms with Crippen LogP contribution in [0.5, 0.6) is 0 Å². The Kier molecular flexibility index (Phi) is 4.38. The molecule has 2 aromatic heterocycles. The Morgan fingerprint density at radius 1 is 1.44 bits per heavy atom. The van der Waals surface area contributed by atoms with Crippen molar-refractivity contribution in [2.45, 2.75) is 12.8 Å². The second-order valence-corrected chi connectivity index (χ2v) is 4.55. The number of aromatic amines is 1. The molecule has 1 saturated heterocycles. The highest BCUT2D eigenvalue weighted by Gasteiger charge is 2.13. The molecule has 0 aromatic carbocycles. The number of hydrogen-bond acceptors (Lipinski definition) is 4.